The van der Waals surface area contributed by atoms with Crippen LogP contribution in [0.1, 0.15) is 94.7 Å². The Morgan fingerprint density at radius 1 is 1.02 bits per heavy atom. The van der Waals surface area contributed by atoms with Crippen LogP contribution in [0.5, 0.6) is 0 Å². The Bertz CT molecular complexity index is 1390. The van der Waals surface area contributed by atoms with Gasteiger partial charge in [0.15, 0.2) is 0 Å². The Kier molecular flexibility index (Phi) is 10.4. The van der Waals surface area contributed by atoms with Gasteiger partial charge in [0.1, 0.15) is 23.2 Å². The van der Waals surface area contributed by atoms with Crippen molar-refractivity contribution in [2.24, 2.45) is 23.7 Å². The molecule has 2 saturated carbocycles. The lowest BCUT2D eigenvalue weighted by Crippen LogP contribution is -2.50. The quantitative estimate of drug-likeness (QED) is 0.284. The average molecular weight is 644 g/mol. The third-order valence-electron chi connectivity index (χ3n) is 9.80. The predicted molar refractivity (Wildman–Crippen MR) is 172 cm³/mol. The molecule has 3 aliphatic rings. The van der Waals surface area contributed by atoms with Crippen LogP contribution in [0.3, 0.4) is 0 Å². The zero-order valence-electron chi connectivity index (χ0n) is 26.5. The first kappa shape index (κ1) is 33.2. The minimum absolute atomic E-state index is 0.0109. The number of hydrogen-bond donors (Lipinski definition) is 3. The molecule has 0 bridgehead atoms. The number of carbonyl (C=O) groups excluding carboxylic acids is 3. The number of aromatic carboxylic acids is 1. The standard InChI is InChI=1S/C34H46FN3O6S/c1-34(2,3)44-33(43)37-26(19-35)21-9-11-22(12-10-21)31(40)38-16-15-25(20-7-5-4-6-8-20)29(38)30(39)36-24-13-14-27-23(17-24)18-28(45-27)32(41)42/h13-14,17-18,20-22,25-26,29H,4-12,15-16,19H2,1-3H3,(H,36,39)(H,37,43)(H,41,42)/t21?,22?,25-,26+,29+/m0/s1. The smallest absolute Gasteiger partial charge is 0.407 e. The van der Waals surface area contributed by atoms with Crippen molar-refractivity contribution in [3.8, 4) is 0 Å². The van der Waals surface area contributed by atoms with Crippen molar-refractivity contribution in [3.05, 3.63) is 29.1 Å². The number of ether oxygens (including phenoxy) is 1. The summed E-state index contributed by atoms with van der Waals surface area (Å²) in [6.45, 7) is 5.12. The number of rotatable bonds is 8. The topological polar surface area (TPSA) is 125 Å². The van der Waals surface area contributed by atoms with Gasteiger partial charge in [0, 0.05) is 22.8 Å². The molecule has 45 heavy (non-hydrogen) atoms. The largest absolute Gasteiger partial charge is 0.477 e. The van der Waals surface area contributed by atoms with E-state index in [0.717, 1.165) is 42.2 Å². The molecule has 9 nitrogen and oxygen atoms in total. The van der Waals surface area contributed by atoms with Crippen LogP contribution in [0, 0.1) is 23.7 Å². The summed E-state index contributed by atoms with van der Waals surface area (Å²) >= 11 is 1.19. The number of carboxylic acids is 1. The van der Waals surface area contributed by atoms with Gasteiger partial charge < -0.3 is 25.4 Å². The third-order valence-corrected chi connectivity index (χ3v) is 10.9. The molecule has 3 fully saturated rings. The highest BCUT2D eigenvalue weighted by Crippen LogP contribution is 2.41. The summed E-state index contributed by atoms with van der Waals surface area (Å²) in [7, 11) is 0. The maximum absolute atomic E-state index is 14.0. The second-order valence-electron chi connectivity index (χ2n) is 14.0. The Morgan fingerprint density at radius 3 is 2.38 bits per heavy atom. The molecule has 0 unspecified atom stereocenters. The predicted octanol–water partition coefficient (Wildman–Crippen LogP) is 7.00. The van der Waals surface area contributed by atoms with E-state index >= 15 is 0 Å². The summed E-state index contributed by atoms with van der Waals surface area (Å²) in [4.78, 5) is 53.8. The van der Waals surface area contributed by atoms with E-state index in [1.54, 1.807) is 43.9 Å². The summed E-state index contributed by atoms with van der Waals surface area (Å²) in [5.74, 6) is -1.05. The van der Waals surface area contributed by atoms with Gasteiger partial charge in [0.05, 0.1) is 6.04 Å². The van der Waals surface area contributed by atoms with Crippen molar-refractivity contribution in [2.45, 2.75) is 103 Å². The molecule has 0 radical (unpaired) electrons. The lowest BCUT2D eigenvalue weighted by molar-refractivity contribution is -0.142. The minimum atomic E-state index is -0.981. The van der Waals surface area contributed by atoms with Crippen molar-refractivity contribution in [1.82, 2.24) is 10.2 Å². The van der Waals surface area contributed by atoms with Crippen molar-refractivity contribution in [2.75, 3.05) is 18.5 Å². The Labute approximate surface area is 268 Å². The number of alkyl carbamates (subject to hydrolysis) is 1. The van der Waals surface area contributed by atoms with Gasteiger partial charge in [-0.2, -0.15) is 0 Å². The molecule has 2 heterocycles. The Morgan fingerprint density at radius 2 is 1.73 bits per heavy atom. The molecule has 246 valence electrons. The number of carboxylic acid groups (broad SMARTS) is 1. The maximum Gasteiger partial charge on any atom is 0.407 e. The number of hydrogen-bond acceptors (Lipinski definition) is 6. The summed E-state index contributed by atoms with van der Waals surface area (Å²) < 4.78 is 20.1. The molecule has 11 heteroatoms. The van der Waals surface area contributed by atoms with Gasteiger partial charge in [-0.15, -0.1) is 11.3 Å². The zero-order chi connectivity index (χ0) is 32.3. The fraction of sp³-hybridized carbons (Fsp3) is 0.647. The van der Waals surface area contributed by atoms with Gasteiger partial charge >= 0.3 is 12.1 Å². The molecule has 1 saturated heterocycles. The van der Waals surface area contributed by atoms with Crippen LogP contribution in [-0.4, -0.2) is 64.8 Å². The number of fused-ring (bicyclic) bond motifs is 1. The van der Waals surface area contributed by atoms with Gasteiger partial charge in [-0.05, 0) is 100 Å². The third kappa shape index (κ3) is 7.96. The molecule has 3 N–H and O–H groups in total. The number of thiophene rings is 1. The fourth-order valence-corrected chi connectivity index (χ4v) is 8.52. The summed E-state index contributed by atoms with van der Waals surface area (Å²) in [5.41, 5.74) is -0.0944. The number of likely N-dealkylation sites (tertiary alicyclic amines) is 1. The maximum atomic E-state index is 14.0. The van der Waals surface area contributed by atoms with E-state index < -0.39 is 36.4 Å². The number of amides is 3. The molecule has 0 spiro atoms. The number of carbonyl (C=O) groups is 4. The van der Waals surface area contributed by atoms with E-state index in [4.69, 9.17) is 4.74 Å². The van der Waals surface area contributed by atoms with E-state index in [9.17, 15) is 28.7 Å². The monoisotopic (exact) mass is 643 g/mol. The highest BCUT2D eigenvalue weighted by Gasteiger charge is 2.47. The second kappa shape index (κ2) is 14.1. The van der Waals surface area contributed by atoms with E-state index in [1.165, 1.54) is 17.8 Å². The van der Waals surface area contributed by atoms with Crippen LogP contribution in [0.15, 0.2) is 24.3 Å². The van der Waals surface area contributed by atoms with Gasteiger partial charge in [0.2, 0.25) is 11.8 Å². The first-order valence-corrected chi connectivity index (χ1v) is 17.2. The van der Waals surface area contributed by atoms with Crippen LogP contribution in [-0.2, 0) is 14.3 Å². The second-order valence-corrected chi connectivity index (χ2v) is 15.1. The molecular weight excluding hydrogens is 597 g/mol. The summed E-state index contributed by atoms with van der Waals surface area (Å²) in [5, 5.41) is 15.9. The van der Waals surface area contributed by atoms with E-state index in [0.29, 0.717) is 43.8 Å². The van der Waals surface area contributed by atoms with Crippen molar-refractivity contribution in [3.63, 3.8) is 0 Å². The lowest BCUT2D eigenvalue weighted by Gasteiger charge is -2.37. The Hall–Kier alpha value is -3.21. The number of alkyl halides is 1. The van der Waals surface area contributed by atoms with Crippen molar-refractivity contribution < 1.29 is 33.4 Å². The molecule has 2 aromatic rings. The summed E-state index contributed by atoms with van der Waals surface area (Å²) in [6.07, 6.45) is 8.14. The van der Waals surface area contributed by atoms with Crippen LogP contribution < -0.4 is 10.6 Å². The number of anilines is 1. The van der Waals surface area contributed by atoms with E-state index in [1.807, 2.05) is 6.07 Å². The van der Waals surface area contributed by atoms with Crippen LogP contribution in [0.2, 0.25) is 0 Å². The summed E-state index contributed by atoms with van der Waals surface area (Å²) in [6, 6.07) is 5.77. The van der Waals surface area contributed by atoms with Gasteiger partial charge in [-0.3, -0.25) is 9.59 Å². The molecule has 1 aromatic carbocycles. The molecule has 1 aromatic heterocycles. The van der Waals surface area contributed by atoms with Gasteiger partial charge in [0.25, 0.3) is 0 Å². The first-order chi connectivity index (χ1) is 21.4. The van der Waals surface area contributed by atoms with Crippen LogP contribution in [0.25, 0.3) is 10.1 Å². The minimum Gasteiger partial charge on any atom is -0.477 e. The Balaban J connectivity index is 1.27. The lowest BCUT2D eigenvalue weighted by atomic mass is 9.76. The normalized spacial score (nSPS) is 25.1. The number of nitrogens with zero attached hydrogens (tertiary/aromatic N) is 1. The van der Waals surface area contributed by atoms with Crippen LogP contribution >= 0.6 is 11.3 Å². The molecular formula is C34H46FN3O6S. The number of benzene rings is 1. The van der Waals surface area contributed by atoms with Crippen LogP contribution in [0.4, 0.5) is 14.9 Å². The van der Waals surface area contributed by atoms with E-state index in [-0.39, 0.29) is 34.4 Å². The first-order valence-electron chi connectivity index (χ1n) is 16.4. The van der Waals surface area contributed by atoms with E-state index in [2.05, 4.69) is 10.6 Å². The van der Waals surface area contributed by atoms with Crippen molar-refractivity contribution in [1.29, 1.82) is 0 Å². The van der Waals surface area contributed by atoms with Gasteiger partial charge in [-0.25, -0.2) is 14.0 Å². The highest BCUT2D eigenvalue weighted by molar-refractivity contribution is 7.20. The number of nitrogens with one attached hydrogen (secondary N) is 2. The van der Waals surface area contributed by atoms with Gasteiger partial charge in [-0.1, -0.05) is 32.1 Å². The zero-order valence-corrected chi connectivity index (χ0v) is 27.3. The molecule has 2 aliphatic carbocycles. The fourth-order valence-electron chi connectivity index (χ4n) is 7.64. The number of halogens is 1. The molecule has 3 amide bonds. The molecule has 1 aliphatic heterocycles. The molecule has 3 atom stereocenters. The SMILES string of the molecule is CC(C)(C)OC(=O)N[C@H](CF)C1CCC(C(=O)N2CC[C@@H](C3CCCCC3)[C@@H]2C(=O)Nc2ccc3sc(C(=O)O)cc3c2)CC1. The van der Waals surface area contributed by atoms with Crippen molar-refractivity contribution >= 4 is 51.0 Å². The highest BCUT2D eigenvalue weighted by atomic mass is 32.1. The average Bonchev–Trinajstić information content (AvgIpc) is 3.64. The molecule has 5 rings (SSSR count).